The lowest BCUT2D eigenvalue weighted by molar-refractivity contribution is -0.115. The van der Waals surface area contributed by atoms with Gasteiger partial charge in [0.05, 0.1) is 29.7 Å². The third kappa shape index (κ3) is 4.58. The number of nitrogens with one attached hydrogen (secondary N) is 1. The second-order valence-corrected chi connectivity index (χ2v) is 9.25. The van der Waals surface area contributed by atoms with Crippen LogP contribution in [0.15, 0.2) is 40.9 Å². The van der Waals surface area contributed by atoms with Crippen LogP contribution >= 0.6 is 23.1 Å². The highest BCUT2D eigenvalue weighted by Crippen LogP contribution is 2.32. The fourth-order valence-electron chi connectivity index (χ4n) is 3.25. The number of nitrogens with zero attached hydrogens (tertiary/aromatic N) is 5. The Kier molecular flexibility index (Phi) is 6.56. The number of carbonyl (C=O) groups is 1. The number of benzene rings is 1. The molecular weight excluding hydrogens is 432 g/mol. The number of anilines is 2. The molecule has 4 rings (SSSR count). The number of amides is 1. The Balaban J connectivity index is 1.62. The average molecular weight is 455 g/mol. The van der Waals surface area contributed by atoms with Gasteiger partial charge in [0.25, 0.3) is 0 Å². The third-order valence-electron chi connectivity index (χ3n) is 4.94. The van der Waals surface area contributed by atoms with Crippen LogP contribution in [-0.2, 0) is 9.53 Å². The van der Waals surface area contributed by atoms with E-state index >= 15 is 0 Å². The maximum absolute atomic E-state index is 12.8. The summed E-state index contributed by atoms with van der Waals surface area (Å²) in [4.78, 5) is 14.9. The minimum absolute atomic E-state index is 0.184. The number of para-hydroxylation sites is 1. The molecular formula is C21H22N6O2S2. The van der Waals surface area contributed by atoms with Crippen molar-refractivity contribution in [3.05, 3.63) is 46.8 Å². The number of thiophene rings is 1. The van der Waals surface area contributed by atoms with Crippen molar-refractivity contribution in [2.75, 3.05) is 36.5 Å². The predicted molar refractivity (Wildman–Crippen MR) is 122 cm³/mol. The Morgan fingerprint density at radius 1 is 1.29 bits per heavy atom. The van der Waals surface area contributed by atoms with Gasteiger partial charge in [0, 0.05) is 13.1 Å². The van der Waals surface area contributed by atoms with Gasteiger partial charge in [-0.05, 0) is 36.9 Å². The van der Waals surface area contributed by atoms with Crippen molar-refractivity contribution >= 4 is 40.0 Å². The number of morpholine rings is 1. The number of aryl methyl sites for hydroxylation is 1. The van der Waals surface area contributed by atoms with E-state index in [0.717, 1.165) is 30.3 Å². The highest BCUT2D eigenvalue weighted by Gasteiger charge is 2.26. The topological polar surface area (TPSA) is 96.1 Å². The first-order chi connectivity index (χ1) is 15.1. The summed E-state index contributed by atoms with van der Waals surface area (Å²) in [5, 5.41) is 23.5. The van der Waals surface area contributed by atoms with E-state index in [2.05, 4.69) is 26.5 Å². The van der Waals surface area contributed by atoms with Crippen LogP contribution in [0.1, 0.15) is 18.1 Å². The monoisotopic (exact) mass is 454 g/mol. The molecule has 31 heavy (non-hydrogen) atoms. The summed E-state index contributed by atoms with van der Waals surface area (Å²) in [6.07, 6.45) is 0. The van der Waals surface area contributed by atoms with E-state index in [9.17, 15) is 10.1 Å². The van der Waals surface area contributed by atoms with Crippen LogP contribution in [0.4, 0.5) is 10.9 Å². The molecule has 8 nitrogen and oxygen atoms in total. The number of ether oxygens (including phenoxy) is 1. The van der Waals surface area contributed by atoms with Crippen molar-refractivity contribution in [3.8, 4) is 11.8 Å². The van der Waals surface area contributed by atoms with E-state index in [4.69, 9.17) is 4.74 Å². The quantitative estimate of drug-likeness (QED) is 0.570. The van der Waals surface area contributed by atoms with Crippen molar-refractivity contribution in [2.45, 2.75) is 24.3 Å². The van der Waals surface area contributed by atoms with Gasteiger partial charge in [-0.2, -0.15) is 5.26 Å². The summed E-state index contributed by atoms with van der Waals surface area (Å²) in [6, 6.07) is 11.8. The molecule has 0 bridgehead atoms. The molecule has 0 radical (unpaired) electrons. The first-order valence-electron chi connectivity index (χ1n) is 9.87. The van der Waals surface area contributed by atoms with Gasteiger partial charge in [-0.15, -0.1) is 21.5 Å². The van der Waals surface area contributed by atoms with E-state index in [1.807, 2.05) is 42.7 Å². The van der Waals surface area contributed by atoms with E-state index < -0.39 is 5.25 Å². The largest absolute Gasteiger partial charge is 0.378 e. The van der Waals surface area contributed by atoms with Gasteiger partial charge in [-0.25, -0.2) is 0 Å². The van der Waals surface area contributed by atoms with Gasteiger partial charge >= 0.3 is 0 Å². The van der Waals surface area contributed by atoms with Gasteiger partial charge in [-0.3, -0.25) is 9.36 Å². The minimum atomic E-state index is -0.432. The van der Waals surface area contributed by atoms with Crippen LogP contribution in [0.2, 0.25) is 0 Å². The zero-order chi connectivity index (χ0) is 21.8. The van der Waals surface area contributed by atoms with Crippen LogP contribution in [-0.4, -0.2) is 52.2 Å². The Morgan fingerprint density at radius 2 is 2.06 bits per heavy atom. The summed E-state index contributed by atoms with van der Waals surface area (Å²) in [5.41, 5.74) is 2.54. The number of hydrogen-bond acceptors (Lipinski definition) is 8. The van der Waals surface area contributed by atoms with Gasteiger partial charge in [-0.1, -0.05) is 30.0 Å². The molecule has 10 heteroatoms. The molecule has 1 aliphatic heterocycles. The average Bonchev–Trinajstić information content (AvgIpc) is 3.41. The summed E-state index contributed by atoms with van der Waals surface area (Å²) < 4.78 is 7.50. The highest BCUT2D eigenvalue weighted by molar-refractivity contribution is 8.00. The smallest absolute Gasteiger partial charge is 0.238 e. The van der Waals surface area contributed by atoms with Gasteiger partial charge < -0.3 is 15.0 Å². The van der Waals surface area contributed by atoms with Gasteiger partial charge in [0.2, 0.25) is 11.9 Å². The van der Waals surface area contributed by atoms with E-state index in [0.29, 0.717) is 28.9 Å². The Labute approximate surface area is 188 Å². The van der Waals surface area contributed by atoms with E-state index in [1.54, 1.807) is 11.4 Å². The molecule has 160 valence electrons. The molecule has 0 aliphatic carbocycles. The van der Waals surface area contributed by atoms with Crippen molar-refractivity contribution in [1.82, 2.24) is 14.8 Å². The Hall–Kier alpha value is -2.87. The third-order valence-corrected chi connectivity index (χ3v) is 6.81. The van der Waals surface area contributed by atoms with Crippen LogP contribution < -0.4 is 10.2 Å². The minimum Gasteiger partial charge on any atom is -0.378 e. The lowest BCUT2D eigenvalue weighted by Gasteiger charge is -2.28. The number of carbonyl (C=O) groups excluding carboxylic acids is 1. The van der Waals surface area contributed by atoms with Gasteiger partial charge in [0.1, 0.15) is 11.1 Å². The van der Waals surface area contributed by atoms with E-state index in [1.165, 1.54) is 23.1 Å². The standard InChI is InChI=1S/C21H22N6O2S2/c1-14-5-3-4-6-17(14)27-20(26-8-10-29-11-9-26)24-25-21(27)31-15(2)18(28)23-19-16(13-22)7-12-30-19/h3-7,12,15H,8-11H2,1-2H3,(H,23,28). The first-order valence-corrected chi connectivity index (χ1v) is 11.6. The summed E-state index contributed by atoms with van der Waals surface area (Å²) >= 11 is 2.68. The molecule has 0 spiro atoms. The van der Waals surface area contributed by atoms with Crippen molar-refractivity contribution in [3.63, 3.8) is 0 Å². The van der Waals surface area contributed by atoms with Crippen molar-refractivity contribution in [1.29, 1.82) is 5.26 Å². The fraction of sp³-hybridized carbons (Fsp3) is 0.333. The van der Waals surface area contributed by atoms with Crippen molar-refractivity contribution < 1.29 is 9.53 Å². The number of hydrogen-bond donors (Lipinski definition) is 1. The molecule has 1 unspecified atom stereocenters. The number of thioether (sulfide) groups is 1. The number of aromatic nitrogens is 3. The molecule has 1 saturated heterocycles. The van der Waals surface area contributed by atoms with E-state index in [-0.39, 0.29) is 5.91 Å². The summed E-state index contributed by atoms with van der Waals surface area (Å²) in [7, 11) is 0. The molecule has 0 saturated carbocycles. The first kappa shape index (κ1) is 21.4. The SMILES string of the molecule is Cc1ccccc1-n1c(SC(C)C(=O)Nc2sccc2C#N)nnc1N1CCOCC1. The van der Waals surface area contributed by atoms with Crippen LogP contribution in [0.5, 0.6) is 0 Å². The van der Waals surface area contributed by atoms with Crippen LogP contribution in [0, 0.1) is 18.3 Å². The molecule has 1 aromatic carbocycles. The van der Waals surface area contributed by atoms with Crippen molar-refractivity contribution in [2.24, 2.45) is 0 Å². The Bertz CT molecular complexity index is 1110. The fourth-order valence-corrected chi connectivity index (χ4v) is 4.85. The second kappa shape index (κ2) is 9.51. The lowest BCUT2D eigenvalue weighted by atomic mass is 10.2. The summed E-state index contributed by atoms with van der Waals surface area (Å²) in [5.74, 6) is 0.564. The number of rotatable bonds is 6. The normalized spacial score (nSPS) is 14.8. The second-order valence-electron chi connectivity index (χ2n) is 7.03. The molecule has 1 atom stereocenters. The lowest BCUT2D eigenvalue weighted by Crippen LogP contribution is -2.38. The molecule has 2 aromatic heterocycles. The highest BCUT2D eigenvalue weighted by atomic mass is 32.2. The maximum Gasteiger partial charge on any atom is 0.238 e. The van der Waals surface area contributed by atoms with Crippen LogP contribution in [0.3, 0.4) is 0 Å². The zero-order valence-electron chi connectivity index (χ0n) is 17.2. The molecule has 3 aromatic rings. The predicted octanol–water partition coefficient (Wildman–Crippen LogP) is 3.46. The maximum atomic E-state index is 12.8. The number of nitriles is 1. The Morgan fingerprint density at radius 3 is 2.81 bits per heavy atom. The molecule has 1 aliphatic rings. The molecule has 1 N–H and O–H groups in total. The molecule has 1 amide bonds. The molecule has 3 heterocycles. The van der Waals surface area contributed by atoms with Crippen LogP contribution in [0.25, 0.3) is 5.69 Å². The molecule has 1 fully saturated rings. The summed E-state index contributed by atoms with van der Waals surface area (Å²) in [6.45, 7) is 6.63. The zero-order valence-corrected chi connectivity index (χ0v) is 18.9. The van der Waals surface area contributed by atoms with Gasteiger partial charge in [0.15, 0.2) is 5.16 Å².